The van der Waals surface area contributed by atoms with Crippen molar-refractivity contribution in [2.24, 2.45) is 17.4 Å². The monoisotopic (exact) mass is 1090 g/mol. The molecule has 0 aliphatic carbocycles. The van der Waals surface area contributed by atoms with Gasteiger partial charge in [0.25, 0.3) is 0 Å². The lowest BCUT2D eigenvalue weighted by molar-refractivity contribution is -0.136. The summed E-state index contributed by atoms with van der Waals surface area (Å²) in [5, 5.41) is 42.7. The molecular weight excluding hydrogens is 1020 g/mol. The van der Waals surface area contributed by atoms with Gasteiger partial charge < -0.3 is 69.2 Å². The van der Waals surface area contributed by atoms with Gasteiger partial charge >= 0.3 is 0 Å². The van der Waals surface area contributed by atoms with Crippen LogP contribution in [0.1, 0.15) is 63.6 Å². The van der Waals surface area contributed by atoms with E-state index in [1.807, 2.05) is 24.3 Å². The van der Waals surface area contributed by atoms with Crippen molar-refractivity contribution in [1.82, 2.24) is 47.5 Å². The predicted octanol–water partition coefficient (Wildman–Crippen LogP) is -0.154. The highest BCUT2D eigenvalue weighted by Crippen LogP contribution is 2.25. The van der Waals surface area contributed by atoms with Crippen molar-refractivity contribution in [3.05, 3.63) is 102 Å². The Labute approximate surface area is 448 Å². The van der Waals surface area contributed by atoms with Crippen LogP contribution in [0.5, 0.6) is 5.75 Å². The van der Waals surface area contributed by atoms with E-state index in [0.717, 1.165) is 32.5 Å². The second kappa shape index (κ2) is 29.2. The molecule has 2 heterocycles. The van der Waals surface area contributed by atoms with Gasteiger partial charge in [0.2, 0.25) is 53.2 Å². The Hall–Kier alpha value is -7.15. The number of unbranched alkanes of at least 4 members (excludes halogenated alkanes) is 1. The van der Waals surface area contributed by atoms with Crippen LogP contribution in [0.2, 0.25) is 0 Å². The number of benzene rings is 3. The van der Waals surface area contributed by atoms with Crippen LogP contribution in [-0.4, -0.2) is 141 Å². The van der Waals surface area contributed by atoms with Crippen LogP contribution in [-0.2, 0) is 62.4 Å². The number of para-hydroxylation sites is 1. The maximum Gasteiger partial charge on any atom is 0.244 e. The normalized spacial score (nSPS) is 21.6. The number of nitrogens with one attached hydrogen (secondary N) is 9. The minimum Gasteiger partial charge on any atom is -0.508 e. The van der Waals surface area contributed by atoms with Gasteiger partial charge in [-0.15, -0.1) is 0 Å². The third-order valence-corrected chi connectivity index (χ3v) is 14.9. The van der Waals surface area contributed by atoms with Crippen molar-refractivity contribution in [3.63, 3.8) is 0 Å². The Balaban J connectivity index is 1.61. The topological polar surface area (TPSA) is 358 Å². The summed E-state index contributed by atoms with van der Waals surface area (Å²) in [6.07, 6.45) is 0.893. The molecule has 5 rings (SSSR count). The van der Waals surface area contributed by atoms with E-state index >= 15 is 0 Å². The van der Waals surface area contributed by atoms with Crippen molar-refractivity contribution < 1.29 is 53.4 Å². The quantitative estimate of drug-likeness (QED) is 0.0455. The summed E-state index contributed by atoms with van der Waals surface area (Å²) in [5.41, 5.74) is 13.9. The lowest BCUT2D eigenvalue weighted by Crippen LogP contribution is -2.62. The number of primary amides is 1. The minimum atomic E-state index is -1.57. The molecule has 410 valence electrons. The van der Waals surface area contributed by atoms with Crippen LogP contribution in [0.3, 0.4) is 0 Å². The van der Waals surface area contributed by atoms with E-state index in [1.165, 1.54) is 26.0 Å². The van der Waals surface area contributed by atoms with Gasteiger partial charge in [-0.2, -0.15) is 0 Å². The van der Waals surface area contributed by atoms with E-state index < -0.39 is 114 Å². The lowest BCUT2D eigenvalue weighted by atomic mass is 10.00. The lowest BCUT2D eigenvalue weighted by Gasteiger charge is -2.29. The molecule has 24 heteroatoms. The number of amides is 9. The van der Waals surface area contributed by atoms with Crippen LogP contribution in [0, 0.1) is 5.92 Å². The zero-order chi connectivity index (χ0) is 55.5. The number of aliphatic hydroxyl groups excluding tert-OH is 1. The predicted molar refractivity (Wildman–Crippen MR) is 289 cm³/mol. The molecule has 15 N–H and O–H groups in total. The number of aromatic hydroxyl groups is 1. The Bertz CT molecular complexity index is 2660. The Morgan fingerprint density at radius 3 is 1.97 bits per heavy atom. The molecule has 0 spiro atoms. The average molecular weight is 1090 g/mol. The highest BCUT2D eigenvalue weighted by atomic mass is 33.1. The molecule has 0 bridgehead atoms. The number of hydrogen-bond donors (Lipinski definition) is 13. The number of phenolic OH excluding ortho intramolecular Hbond substituents is 1. The third-order valence-electron chi connectivity index (χ3n) is 12.4. The Morgan fingerprint density at radius 2 is 1.33 bits per heavy atom. The fourth-order valence-corrected chi connectivity index (χ4v) is 10.6. The molecule has 1 aliphatic rings. The highest BCUT2D eigenvalue weighted by molar-refractivity contribution is 8.76. The largest absolute Gasteiger partial charge is 0.508 e. The SMILES string of the molecule is CC(=O)N[C@H](Cc1ccccc1)C(=O)N[C@H]1CSSC[C@@H](C(=O)N[C@H](C(N)=O)[C@@H](C)O)NC(=O)C(C(C)C)NC(=O)[C@H](CCCCN)NC(=O)[C@@H](Cc2c[nH]c3ccccc23)NC(=O)[C@H](Cc2ccc(O)cc2)NC1=O. The zero-order valence-corrected chi connectivity index (χ0v) is 44.4. The molecule has 1 unspecified atom stereocenters. The molecule has 1 saturated heterocycles. The molecule has 76 heavy (non-hydrogen) atoms. The maximum atomic E-state index is 14.9. The number of phenols is 1. The van der Waals surface area contributed by atoms with Crippen molar-refractivity contribution in [2.75, 3.05) is 18.1 Å². The highest BCUT2D eigenvalue weighted by Gasteiger charge is 2.37. The zero-order valence-electron chi connectivity index (χ0n) is 42.8. The number of aromatic nitrogens is 1. The van der Waals surface area contributed by atoms with E-state index in [4.69, 9.17) is 11.5 Å². The van der Waals surface area contributed by atoms with E-state index in [9.17, 15) is 53.4 Å². The Kier molecular flexibility index (Phi) is 23.0. The van der Waals surface area contributed by atoms with Crippen LogP contribution in [0.25, 0.3) is 10.9 Å². The molecular formula is C52H69N11O11S2. The van der Waals surface area contributed by atoms with E-state index in [0.29, 0.717) is 29.5 Å². The number of nitrogens with two attached hydrogens (primary N) is 2. The van der Waals surface area contributed by atoms with E-state index in [1.54, 1.807) is 62.5 Å². The number of carbonyl (C=O) groups excluding carboxylic acids is 9. The van der Waals surface area contributed by atoms with Crippen molar-refractivity contribution in [3.8, 4) is 5.75 Å². The van der Waals surface area contributed by atoms with Crippen LogP contribution < -0.4 is 54.0 Å². The number of aliphatic hydroxyl groups is 1. The van der Waals surface area contributed by atoms with Crippen molar-refractivity contribution >= 4 is 85.7 Å². The first kappa shape index (κ1) is 59.7. The van der Waals surface area contributed by atoms with Crippen LogP contribution >= 0.6 is 21.6 Å². The fourth-order valence-electron chi connectivity index (χ4n) is 8.29. The molecule has 9 amide bonds. The number of H-pyrrole nitrogens is 1. The van der Waals surface area contributed by atoms with Gasteiger partial charge in [-0.3, -0.25) is 43.2 Å². The van der Waals surface area contributed by atoms with Gasteiger partial charge in [-0.25, -0.2) is 0 Å². The fraction of sp³-hybridized carbons (Fsp3) is 0.442. The number of fused-ring (bicyclic) bond motifs is 1. The van der Waals surface area contributed by atoms with E-state index in [-0.39, 0.29) is 49.5 Å². The first-order chi connectivity index (χ1) is 36.2. The van der Waals surface area contributed by atoms with Gasteiger partial charge in [0.15, 0.2) is 0 Å². The summed E-state index contributed by atoms with van der Waals surface area (Å²) >= 11 is 0. The standard InChI is InChI=1S/C52H69N11O11S2/c1-28(2)43-52(74)61-42(51(73)63-44(29(3)64)45(54)67)27-76-75-26-41(60-47(69)38(56-30(4)65)22-31-12-6-5-7-13-31)50(72)58-39(23-32-17-19-34(66)20-18-32)48(70)59-40(24-33-25-55-36-15-9-8-14-35(33)36)49(71)57-37(46(68)62-43)16-10-11-21-53/h5-9,12-15,17-20,25,28-29,37-44,55,64,66H,10-11,16,21-24,26-27,53H2,1-4H3,(H2,54,67)(H,56,65)(H,57,71)(H,58,72)(H,59,70)(H,60,69)(H,61,74)(H,62,68)(H,63,73)/t29-,37+,38-,39+,40-,41+,42+,43?,44+/m1/s1. The molecule has 9 atom stereocenters. The van der Waals surface area contributed by atoms with Gasteiger partial charge in [0.05, 0.1) is 6.10 Å². The Morgan fingerprint density at radius 1 is 0.711 bits per heavy atom. The third kappa shape index (κ3) is 18.0. The van der Waals surface area contributed by atoms with Crippen molar-refractivity contribution in [2.45, 2.75) is 121 Å². The summed E-state index contributed by atoms with van der Waals surface area (Å²) in [6, 6.07) is 10.9. The molecule has 0 radical (unpaired) electrons. The number of hydrogen-bond acceptors (Lipinski definition) is 14. The second-order valence-electron chi connectivity index (χ2n) is 18.9. The minimum absolute atomic E-state index is 0.0369. The van der Waals surface area contributed by atoms with Crippen LogP contribution in [0.15, 0.2) is 85.1 Å². The smallest absolute Gasteiger partial charge is 0.244 e. The molecule has 4 aromatic rings. The van der Waals surface area contributed by atoms with Gasteiger partial charge in [-0.1, -0.05) is 96.1 Å². The average Bonchev–Trinajstić information content (AvgIpc) is 3.79. The molecule has 1 aliphatic heterocycles. The number of aromatic amines is 1. The maximum absolute atomic E-state index is 14.9. The van der Waals surface area contributed by atoms with Crippen LogP contribution in [0.4, 0.5) is 0 Å². The molecule has 3 aromatic carbocycles. The van der Waals surface area contributed by atoms with Gasteiger partial charge in [-0.05, 0) is 73.5 Å². The molecule has 1 fully saturated rings. The second-order valence-corrected chi connectivity index (χ2v) is 21.4. The first-order valence-electron chi connectivity index (χ1n) is 24.9. The molecule has 22 nitrogen and oxygen atoms in total. The van der Waals surface area contributed by atoms with Gasteiger partial charge in [0, 0.05) is 54.8 Å². The summed E-state index contributed by atoms with van der Waals surface area (Å²) < 4.78 is 0. The summed E-state index contributed by atoms with van der Waals surface area (Å²) in [5.74, 6) is -8.49. The summed E-state index contributed by atoms with van der Waals surface area (Å²) in [6.45, 7) is 6.04. The van der Waals surface area contributed by atoms with Gasteiger partial charge in [0.1, 0.15) is 54.1 Å². The van der Waals surface area contributed by atoms with Crippen molar-refractivity contribution in [1.29, 1.82) is 0 Å². The molecule has 0 saturated carbocycles. The first-order valence-corrected chi connectivity index (χ1v) is 27.4. The summed E-state index contributed by atoms with van der Waals surface area (Å²) in [7, 11) is 1.97. The summed E-state index contributed by atoms with van der Waals surface area (Å²) in [4.78, 5) is 129. The molecule has 1 aromatic heterocycles. The number of carbonyl (C=O) groups is 9. The van der Waals surface area contributed by atoms with E-state index in [2.05, 4.69) is 47.5 Å². The number of rotatable bonds is 18.